The molecule has 0 radical (unpaired) electrons. The van der Waals surface area contributed by atoms with Crippen LogP contribution in [0.2, 0.25) is 0 Å². The van der Waals surface area contributed by atoms with Gasteiger partial charge in [0.15, 0.2) is 5.96 Å². The molecule has 1 aliphatic heterocycles. The molecule has 130 valence electrons. The predicted octanol–water partition coefficient (Wildman–Crippen LogP) is 2.89. The maximum absolute atomic E-state index is 4.28. The van der Waals surface area contributed by atoms with Crippen LogP contribution in [-0.4, -0.2) is 50.6 Å². The number of hydrogen-bond acceptors (Lipinski definition) is 2. The van der Waals surface area contributed by atoms with Gasteiger partial charge in [-0.3, -0.25) is 4.99 Å². The molecule has 0 aliphatic carbocycles. The lowest BCUT2D eigenvalue weighted by Gasteiger charge is -2.15. The molecule has 0 aromatic heterocycles. The monoisotopic (exact) mass is 430 g/mol. The van der Waals surface area contributed by atoms with E-state index in [0.29, 0.717) is 0 Å². The van der Waals surface area contributed by atoms with Crippen LogP contribution in [0.1, 0.15) is 31.2 Å². The third-order valence-corrected chi connectivity index (χ3v) is 4.16. The number of rotatable bonds is 8. The predicted molar refractivity (Wildman–Crippen MR) is 110 cm³/mol. The van der Waals surface area contributed by atoms with Crippen LogP contribution in [0.5, 0.6) is 0 Å². The summed E-state index contributed by atoms with van der Waals surface area (Å²) in [4.78, 5) is 6.85. The van der Waals surface area contributed by atoms with E-state index in [-0.39, 0.29) is 24.0 Å². The number of halogens is 1. The highest BCUT2D eigenvalue weighted by Gasteiger charge is 2.09. The first kappa shape index (κ1) is 20.2. The number of nitrogens with zero attached hydrogens (tertiary/aromatic N) is 2. The highest BCUT2D eigenvalue weighted by molar-refractivity contribution is 14.0. The molecule has 0 bridgehead atoms. The summed E-state index contributed by atoms with van der Waals surface area (Å²) in [5.41, 5.74) is 1.36. The molecule has 23 heavy (non-hydrogen) atoms. The molecule has 1 aliphatic rings. The van der Waals surface area contributed by atoms with Crippen LogP contribution >= 0.6 is 24.0 Å². The number of likely N-dealkylation sites (tertiary alicyclic amines) is 1. The third-order valence-electron chi connectivity index (χ3n) is 4.16. The maximum Gasteiger partial charge on any atom is 0.190 e. The van der Waals surface area contributed by atoms with Gasteiger partial charge in [0, 0.05) is 20.1 Å². The summed E-state index contributed by atoms with van der Waals surface area (Å²) >= 11 is 0. The lowest BCUT2D eigenvalue weighted by molar-refractivity contribution is 0.330. The molecule has 1 aromatic carbocycles. The van der Waals surface area contributed by atoms with Gasteiger partial charge < -0.3 is 15.5 Å². The lowest BCUT2D eigenvalue weighted by Crippen LogP contribution is -2.38. The molecule has 1 aromatic rings. The van der Waals surface area contributed by atoms with Crippen molar-refractivity contribution in [2.24, 2.45) is 4.99 Å². The summed E-state index contributed by atoms with van der Waals surface area (Å²) in [6.45, 7) is 5.77. The minimum atomic E-state index is 0. The molecular weight excluding hydrogens is 399 g/mol. The first-order chi connectivity index (χ1) is 10.9. The highest BCUT2D eigenvalue weighted by atomic mass is 127. The van der Waals surface area contributed by atoms with Gasteiger partial charge >= 0.3 is 0 Å². The Balaban J connectivity index is 0.00000264. The first-order valence-corrected chi connectivity index (χ1v) is 8.59. The van der Waals surface area contributed by atoms with Gasteiger partial charge in [0.25, 0.3) is 0 Å². The largest absolute Gasteiger partial charge is 0.356 e. The van der Waals surface area contributed by atoms with Crippen molar-refractivity contribution in [2.75, 3.05) is 39.8 Å². The quantitative estimate of drug-likeness (QED) is 0.289. The molecule has 0 unspecified atom stereocenters. The zero-order chi connectivity index (χ0) is 15.5. The molecule has 0 spiro atoms. The minimum absolute atomic E-state index is 0. The van der Waals surface area contributed by atoms with Gasteiger partial charge in [-0.05, 0) is 57.3 Å². The first-order valence-electron chi connectivity index (χ1n) is 8.59. The van der Waals surface area contributed by atoms with Crippen molar-refractivity contribution in [1.29, 1.82) is 0 Å². The van der Waals surface area contributed by atoms with E-state index in [2.05, 4.69) is 50.9 Å². The third kappa shape index (κ3) is 8.55. The normalized spacial score (nSPS) is 15.3. The summed E-state index contributed by atoms with van der Waals surface area (Å²) in [5.74, 6) is 0.914. The second-order valence-electron chi connectivity index (χ2n) is 5.92. The van der Waals surface area contributed by atoms with Gasteiger partial charge in [0.1, 0.15) is 0 Å². The second kappa shape index (κ2) is 12.6. The smallest absolute Gasteiger partial charge is 0.190 e. The van der Waals surface area contributed by atoms with Crippen LogP contribution in [0.25, 0.3) is 0 Å². The molecule has 0 atom stereocenters. The Morgan fingerprint density at radius 2 is 1.74 bits per heavy atom. The van der Waals surface area contributed by atoms with Crippen molar-refractivity contribution >= 4 is 29.9 Å². The summed E-state index contributed by atoms with van der Waals surface area (Å²) in [6, 6.07) is 10.6. The Kier molecular flexibility index (Phi) is 11.1. The Morgan fingerprint density at radius 3 is 2.43 bits per heavy atom. The molecule has 2 N–H and O–H groups in total. The fourth-order valence-electron chi connectivity index (χ4n) is 2.86. The zero-order valence-electron chi connectivity index (χ0n) is 14.3. The van der Waals surface area contributed by atoms with Crippen molar-refractivity contribution in [3.63, 3.8) is 0 Å². The van der Waals surface area contributed by atoms with Crippen molar-refractivity contribution in [3.8, 4) is 0 Å². The van der Waals surface area contributed by atoms with E-state index in [1.54, 1.807) is 0 Å². The molecular formula is C18H31IN4. The minimum Gasteiger partial charge on any atom is -0.356 e. The van der Waals surface area contributed by atoms with E-state index in [1.165, 1.54) is 50.9 Å². The van der Waals surface area contributed by atoms with Crippen LogP contribution in [0.3, 0.4) is 0 Å². The number of hydrogen-bond donors (Lipinski definition) is 2. The molecule has 0 amide bonds. The zero-order valence-corrected chi connectivity index (χ0v) is 16.6. The van der Waals surface area contributed by atoms with E-state index in [0.717, 1.165) is 25.5 Å². The molecule has 0 saturated carbocycles. The van der Waals surface area contributed by atoms with E-state index in [4.69, 9.17) is 0 Å². The fraction of sp³-hybridized carbons (Fsp3) is 0.611. The number of guanidine groups is 1. The van der Waals surface area contributed by atoms with Crippen molar-refractivity contribution < 1.29 is 0 Å². The summed E-state index contributed by atoms with van der Waals surface area (Å²) in [6.07, 6.45) is 6.27. The van der Waals surface area contributed by atoms with Gasteiger partial charge in [-0.2, -0.15) is 0 Å². The maximum atomic E-state index is 4.28. The summed E-state index contributed by atoms with van der Waals surface area (Å²) in [5, 5.41) is 6.78. The van der Waals surface area contributed by atoms with Crippen molar-refractivity contribution in [1.82, 2.24) is 15.5 Å². The van der Waals surface area contributed by atoms with Crippen LogP contribution < -0.4 is 10.6 Å². The molecule has 2 rings (SSSR count). The summed E-state index contributed by atoms with van der Waals surface area (Å²) in [7, 11) is 1.84. The molecule has 5 heteroatoms. The van der Waals surface area contributed by atoms with Gasteiger partial charge in [0.2, 0.25) is 0 Å². The Morgan fingerprint density at radius 1 is 1.04 bits per heavy atom. The van der Waals surface area contributed by atoms with Gasteiger partial charge in [0.05, 0.1) is 0 Å². The second-order valence-corrected chi connectivity index (χ2v) is 5.92. The molecule has 4 nitrogen and oxygen atoms in total. The number of benzene rings is 1. The highest BCUT2D eigenvalue weighted by Crippen LogP contribution is 2.07. The van der Waals surface area contributed by atoms with Gasteiger partial charge in [-0.15, -0.1) is 24.0 Å². The molecule has 1 saturated heterocycles. The number of aliphatic imine (C=N–C) groups is 1. The molecule has 1 fully saturated rings. The Bertz CT molecular complexity index is 430. The summed E-state index contributed by atoms with van der Waals surface area (Å²) < 4.78 is 0. The van der Waals surface area contributed by atoms with Crippen LogP contribution in [0.15, 0.2) is 35.3 Å². The van der Waals surface area contributed by atoms with Crippen LogP contribution in [-0.2, 0) is 6.42 Å². The number of nitrogens with one attached hydrogen (secondary N) is 2. The Hall–Kier alpha value is -0.820. The van der Waals surface area contributed by atoms with Gasteiger partial charge in [-0.25, -0.2) is 0 Å². The van der Waals surface area contributed by atoms with E-state index < -0.39 is 0 Å². The van der Waals surface area contributed by atoms with Gasteiger partial charge in [-0.1, -0.05) is 30.3 Å². The van der Waals surface area contributed by atoms with Crippen molar-refractivity contribution in [3.05, 3.63) is 35.9 Å². The Labute approximate surface area is 158 Å². The number of unbranched alkanes of at least 4 members (excludes halogenated alkanes) is 1. The average molecular weight is 430 g/mol. The van der Waals surface area contributed by atoms with Crippen molar-refractivity contribution in [2.45, 2.75) is 32.1 Å². The fourth-order valence-corrected chi connectivity index (χ4v) is 2.86. The standard InChI is InChI=1S/C18H30N4.HI/c1-19-18(21-13-11-17-9-3-2-4-10-17)20-12-5-6-14-22-15-7-8-16-22;/h2-4,9-10H,5-8,11-16H2,1H3,(H2,19,20,21);1H. The SMILES string of the molecule is CN=C(NCCCCN1CCCC1)NCCc1ccccc1.I. The lowest BCUT2D eigenvalue weighted by atomic mass is 10.1. The van der Waals surface area contributed by atoms with Crippen LogP contribution in [0.4, 0.5) is 0 Å². The van der Waals surface area contributed by atoms with E-state index in [1.807, 2.05) is 7.05 Å². The molecule has 1 heterocycles. The van der Waals surface area contributed by atoms with E-state index in [9.17, 15) is 0 Å². The average Bonchev–Trinajstić information content (AvgIpc) is 3.07. The van der Waals surface area contributed by atoms with E-state index >= 15 is 0 Å². The topological polar surface area (TPSA) is 39.7 Å². The van der Waals surface area contributed by atoms with Crippen LogP contribution in [0, 0.1) is 0 Å².